The number of likely N-dealkylation sites (tertiary alicyclic amines) is 1. The summed E-state index contributed by atoms with van der Waals surface area (Å²) in [7, 11) is 0. The summed E-state index contributed by atoms with van der Waals surface area (Å²) in [5, 5.41) is 0. The second-order valence-electron chi connectivity index (χ2n) is 6.85. The number of para-hydroxylation sites is 3. The van der Waals surface area contributed by atoms with Crippen LogP contribution in [0.1, 0.15) is 31.0 Å². The lowest BCUT2D eigenvalue weighted by Crippen LogP contribution is -2.39. The van der Waals surface area contributed by atoms with Crippen LogP contribution in [0.25, 0.3) is 11.0 Å². The van der Waals surface area contributed by atoms with E-state index in [1.165, 1.54) is 6.07 Å². The van der Waals surface area contributed by atoms with E-state index in [4.69, 9.17) is 4.74 Å². The molecule has 1 fully saturated rings. The number of ether oxygens (including phenoxy) is 1. The van der Waals surface area contributed by atoms with Crippen LogP contribution in [-0.4, -0.2) is 40.5 Å². The Morgan fingerprint density at radius 2 is 2.04 bits per heavy atom. The number of nitrogens with zero attached hydrogens (tertiary/aromatic N) is 2. The van der Waals surface area contributed by atoms with E-state index in [9.17, 15) is 9.18 Å². The van der Waals surface area contributed by atoms with Crippen LogP contribution < -0.4 is 4.74 Å². The number of hydrogen-bond donors (Lipinski definition) is 1. The van der Waals surface area contributed by atoms with E-state index in [1.54, 1.807) is 18.2 Å². The van der Waals surface area contributed by atoms with Crippen molar-refractivity contribution in [3.8, 4) is 5.75 Å². The molecular weight excluding hydrogens is 345 g/mol. The molecule has 1 aliphatic heterocycles. The zero-order chi connectivity index (χ0) is 18.6. The summed E-state index contributed by atoms with van der Waals surface area (Å²) >= 11 is 0. The summed E-state index contributed by atoms with van der Waals surface area (Å²) in [5.74, 6) is 0.961. The van der Waals surface area contributed by atoms with E-state index in [-0.39, 0.29) is 30.6 Å². The lowest BCUT2D eigenvalue weighted by Gasteiger charge is -2.32. The number of aromatic nitrogens is 2. The Balaban J connectivity index is 1.34. The lowest BCUT2D eigenvalue weighted by atomic mass is 9.97. The number of carbonyl (C=O) groups excluding carboxylic acids is 1. The molecule has 0 spiro atoms. The molecule has 0 aliphatic carbocycles. The van der Waals surface area contributed by atoms with Gasteiger partial charge in [0.1, 0.15) is 5.82 Å². The van der Waals surface area contributed by atoms with Gasteiger partial charge in [-0.05, 0) is 37.1 Å². The van der Waals surface area contributed by atoms with Crippen molar-refractivity contribution < 1.29 is 13.9 Å². The number of nitrogens with one attached hydrogen (secondary N) is 1. The predicted octanol–water partition coefficient (Wildman–Crippen LogP) is 3.88. The molecule has 1 N–H and O–H groups in total. The van der Waals surface area contributed by atoms with Crippen LogP contribution in [-0.2, 0) is 4.79 Å². The van der Waals surface area contributed by atoms with E-state index in [2.05, 4.69) is 9.97 Å². The maximum absolute atomic E-state index is 13.6. The Hall–Kier alpha value is -2.89. The van der Waals surface area contributed by atoms with Crippen molar-refractivity contribution in [1.82, 2.24) is 14.9 Å². The van der Waals surface area contributed by atoms with Gasteiger partial charge in [-0.25, -0.2) is 9.37 Å². The number of benzene rings is 2. The average Bonchev–Trinajstić information content (AvgIpc) is 3.14. The van der Waals surface area contributed by atoms with Crippen molar-refractivity contribution in [1.29, 1.82) is 0 Å². The maximum Gasteiger partial charge on any atom is 0.226 e. The Bertz CT molecular complexity index is 907. The summed E-state index contributed by atoms with van der Waals surface area (Å²) in [5.41, 5.74) is 1.98. The molecule has 2 heterocycles. The Kier molecular flexibility index (Phi) is 5.05. The van der Waals surface area contributed by atoms with Crippen molar-refractivity contribution in [2.24, 2.45) is 0 Å². The molecule has 5 nitrogen and oxygen atoms in total. The fourth-order valence-corrected chi connectivity index (χ4v) is 3.56. The minimum absolute atomic E-state index is 0.0344. The SMILES string of the molecule is O=C(CCOc1ccccc1F)N1CCC[C@H](c2nc3ccccc3[nH]2)C1. The molecule has 4 rings (SSSR count). The largest absolute Gasteiger partial charge is 0.490 e. The van der Waals surface area contributed by atoms with Gasteiger partial charge in [0, 0.05) is 19.0 Å². The first-order chi connectivity index (χ1) is 13.2. The molecule has 0 radical (unpaired) electrons. The van der Waals surface area contributed by atoms with Gasteiger partial charge in [0.15, 0.2) is 11.6 Å². The average molecular weight is 367 g/mol. The topological polar surface area (TPSA) is 58.2 Å². The summed E-state index contributed by atoms with van der Waals surface area (Å²) in [4.78, 5) is 22.5. The number of aromatic amines is 1. The standard InChI is InChI=1S/C21H22FN3O2/c22-16-7-1-4-10-19(16)27-13-11-20(26)25-12-5-6-15(14-25)21-23-17-8-2-3-9-18(17)24-21/h1-4,7-10,15H,5-6,11-14H2,(H,23,24)/t15-/m0/s1. The molecule has 0 unspecified atom stereocenters. The van der Waals surface area contributed by atoms with E-state index >= 15 is 0 Å². The van der Waals surface area contributed by atoms with Gasteiger partial charge in [-0.1, -0.05) is 24.3 Å². The molecule has 2 aromatic carbocycles. The second kappa shape index (κ2) is 7.78. The fourth-order valence-electron chi connectivity index (χ4n) is 3.56. The first-order valence-electron chi connectivity index (χ1n) is 9.30. The molecule has 6 heteroatoms. The van der Waals surface area contributed by atoms with Crippen LogP contribution in [0.15, 0.2) is 48.5 Å². The monoisotopic (exact) mass is 367 g/mol. The van der Waals surface area contributed by atoms with Crippen molar-refractivity contribution in [3.63, 3.8) is 0 Å². The number of amides is 1. The molecule has 3 aromatic rings. The van der Waals surface area contributed by atoms with Crippen molar-refractivity contribution in [3.05, 3.63) is 60.2 Å². The van der Waals surface area contributed by atoms with Crippen LogP contribution in [0.3, 0.4) is 0 Å². The summed E-state index contributed by atoms with van der Waals surface area (Å²) < 4.78 is 19.0. The van der Waals surface area contributed by atoms with Crippen LogP contribution in [0.5, 0.6) is 5.75 Å². The maximum atomic E-state index is 13.6. The summed E-state index contributed by atoms with van der Waals surface area (Å²) in [6.45, 7) is 1.57. The number of carbonyl (C=O) groups is 1. The fraction of sp³-hybridized carbons (Fsp3) is 0.333. The van der Waals surface area contributed by atoms with E-state index in [0.717, 1.165) is 36.2 Å². The molecule has 1 atom stereocenters. The Morgan fingerprint density at radius 3 is 2.89 bits per heavy atom. The minimum Gasteiger partial charge on any atom is -0.490 e. The summed E-state index contributed by atoms with van der Waals surface area (Å²) in [6, 6.07) is 14.2. The molecular formula is C21H22FN3O2. The highest BCUT2D eigenvalue weighted by molar-refractivity contribution is 5.77. The number of piperidine rings is 1. The number of H-pyrrole nitrogens is 1. The highest BCUT2D eigenvalue weighted by atomic mass is 19.1. The van der Waals surface area contributed by atoms with E-state index < -0.39 is 5.82 Å². The van der Waals surface area contributed by atoms with Gasteiger partial charge in [0.25, 0.3) is 0 Å². The highest BCUT2D eigenvalue weighted by Crippen LogP contribution is 2.27. The Morgan fingerprint density at radius 1 is 1.22 bits per heavy atom. The van der Waals surface area contributed by atoms with E-state index in [0.29, 0.717) is 6.54 Å². The molecule has 140 valence electrons. The summed E-state index contributed by atoms with van der Waals surface area (Å²) in [6.07, 6.45) is 2.19. The van der Waals surface area contributed by atoms with Gasteiger partial charge in [-0.3, -0.25) is 4.79 Å². The van der Waals surface area contributed by atoms with Crippen LogP contribution in [0, 0.1) is 5.82 Å². The number of fused-ring (bicyclic) bond motifs is 1. The van der Waals surface area contributed by atoms with Gasteiger partial charge < -0.3 is 14.6 Å². The molecule has 27 heavy (non-hydrogen) atoms. The molecule has 0 saturated carbocycles. The molecule has 1 aromatic heterocycles. The van der Waals surface area contributed by atoms with Crippen molar-refractivity contribution in [2.45, 2.75) is 25.2 Å². The minimum atomic E-state index is -0.409. The predicted molar refractivity (Wildman–Crippen MR) is 101 cm³/mol. The van der Waals surface area contributed by atoms with Crippen LogP contribution in [0.4, 0.5) is 4.39 Å². The normalized spacial score (nSPS) is 17.2. The number of rotatable bonds is 5. The number of hydrogen-bond acceptors (Lipinski definition) is 3. The second-order valence-corrected chi connectivity index (χ2v) is 6.85. The molecule has 1 amide bonds. The zero-order valence-corrected chi connectivity index (χ0v) is 15.0. The van der Waals surface area contributed by atoms with Crippen LogP contribution >= 0.6 is 0 Å². The van der Waals surface area contributed by atoms with Gasteiger partial charge in [0.05, 0.1) is 24.1 Å². The third-order valence-corrected chi connectivity index (χ3v) is 4.98. The molecule has 1 saturated heterocycles. The third-order valence-electron chi connectivity index (χ3n) is 4.98. The van der Waals surface area contributed by atoms with Gasteiger partial charge in [0.2, 0.25) is 5.91 Å². The Labute approximate surface area is 157 Å². The van der Waals surface area contributed by atoms with E-state index in [1.807, 2.05) is 29.2 Å². The highest BCUT2D eigenvalue weighted by Gasteiger charge is 2.26. The van der Waals surface area contributed by atoms with Gasteiger partial charge in [-0.15, -0.1) is 0 Å². The quantitative estimate of drug-likeness (QED) is 0.745. The molecule has 0 bridgehead atoms. The molecule has 1 aliphatic rings. The van der Waals surface area contributed by atoms with Crippen LogP contribution in [0.2, 0.25) is 0 Å². The smallest absolute Gasteiger partial charge is 0.226 e. The first-order valence-corrected chi connectivity index (χ1v) is 9.30. The zero-order valence-electron chi connectivity index (χ0n) is 15.0. The lowest BCUT2D eigenvalue weighted by molar-refractivity contribution is -0.133. The third kappa shape index (κ3) is 3.94. The number of imidazole rings is 1. The van der Waals surface area contributed by atoms with Crippen molar-refractivity contribution >= 4 is 16.9 Å². The van der Waals surface area contributed by atoms with Crippen molar-refractivity contribution in [2.75, 3.05) is 19.7 Å². The van der Waals surface area contributed by atoms with Gasteiger partial charge in [-0.2, -0.15) is 0 Å². The number of halogens is 1. The first kappa shape index (κ1) is 17.5. The van der Waals surface area contributed by atoms with Gasteiger partial charge >= 0.3 is 0 Å².